The van der Waals surface area contributed by atoms with Gasteiger partial charge < -0.3 is 5.32 Å². The zero-order valence-electron chi connectivity index (χ0n) is 7.57. The Hall–Kier alpha value is -0.720. The van der Waals surface area contributed by atoms with E-state index in [1.54, 1.807) is 23.0 Å². The summed E-state index contributed by atoms with van der Waals surface area (Å²) in [6.45, 7) is 0.554. The van der Waals surface area contributed by atoms with Gasteiger partial charge in [-0.3, -0.25) is 9.78 Å². The van der Waals surface area contributed by atoms with E-state index in [0.717, 1.165) is 9.35 Å². The summed E-state index contributed by atoms with van der Waals surface area (Å²) in [7, 11) is 0. The third-order valence-electron chi connectivity index (χ3n) is 1.73. The van der Waals surface area contributed by atoms with Crippen molar-refractivity contribution in [3.05, 3.63) is 37.4 Å². The molecule has 3 nitrogen and oxygen atoms in total. The van der Waals surface area contributed by atoms with Crippen LogP contribution < -0.4 is 5.32 Å². The van der Waals surface area contributed by atoms with Crippen molar-refractivity contribution in [1.82, 2.24) is 10.3 Å². The molecule has 6 heteroatoms. The highest BCUT2D eigenvalue weighted by Crippen LogP contribution is 2.20. The van der Waals surface area contributed by atoms with Crippen LogP contribution in [0.1, 0.15) is 15.2 Å². The summed E-state index contributed by atoms with van der Waals surface area (Å²) in [6.07, 6.45) is 1.57. The highest BCUT2D eigenvalue weighted by molar-refractivity contribution is 9.11. The van der Waals surface area contributed by atoms with E-state index in [9.17, 15) is 4.79 Å². The molecule has 0 aliphatic heterocycles. The maximum absolute atomic E-state index is 11.5. The van der Waals surface area contributed by atoms with E-state index in [-0.39, 0.29) is 5.91 Å². The van der Waals surface area contributed by atoms with E-state index < -0.39 is 0 Å². The Morgan fingerprint density at radius 3 is 3.00 bits per heavy atom. The van der Waals surface area contributed by atoms with Crippen LogP contribution in [0, 0.1) is 0 Å². The van der Waals surface area contributed by atoms with Gasteiger partial charge in [-0.25, -0.2) is 0 Å². The molecule has 2 rings (SSSR count). The lowest BCUT2D eigenvalue weighted by Crippen LogP contribution is -2.21. The van der Waals surface area contributed by atoms with E-state index in [0.29, 0.717) is 11.4 Å². The molecule has 0 bridgehead atoms. The summed E-state index contributed by atoms with van der Waals surface area (Å²) < 4.78 is 1.07. The minimum absolute atomic E-state index is 0.0696. The summed E-state index contributed by atoms with van der Waals surface area (Å²) in [4.78, 5) is 16.0. The Kier molecular flexibility index (Phi) is 3.50. The average molecular weight is 303 g/mol. The molecule has 1 amide bonds. The minimum atomic E-state index is -0.0696. The Bertz CT molecular complexity index is 452. The van der Waals surface area contributed by atoms with E-state index >= 15 is 0 Å². The van der Waals surface area contributed by atoms with Crippen LogP contribution >= 0.6 is 38.6 Å². The molecule has 2 aromatic rings. The second-order valence-corrected chi connectivity index (χ2v) is 5.98. The second-order valence-electron chi connectivity index (χ2n) is 2.81. The molecule has 0 spiro atoms. The number of hydrogen-bond donors (Lipinski definition) is 1. The summed E-state index contributed by atoms with van der Waals surface area (Å²) in [6, 6.07) is 2.00. The van der Waals surface area contributed by atoms with Gasteiger partial charge in [0.15, 0.2) is 0 Å². The number of nitrogens with one attached hydrogen (secondary N) is 1. The molecule has 2 aromatic heterocycles. The van der Waals surface area contributed by atoms with Gasteiger partial charge in [0.2, 0.25) is 0 Å². The van der Waals surface area contributed by atoms with Crippen molar-refractivity contribution in [2.45, 2.75) is 6.54 Å². The number of thiophene rings is 1. The SMILES string of the molecule is O=C(NCc1csc(Br)c1)c1cncs1. The van der Waals surface area contributed by atoms with E-state index in [4.69, 9.17) is 0 Å². The molecule has 2 heterocycles. The number of aromatic nitrogens is 1. The Morgan fingerprint density at radius 2 is 2.40 bits per heavy atom. The quantitative estimate of drug-likeness (QED) is 0.947. The van der Waals surface area contributed by atoms with Crippen molar-refractivity contribution in [1.29, 1.82) is 0 Å². The molecule has 0 fully saturated rings. The molecule has 0 aromatic carbocycles. The first-order chi connectivity index (χ1) is 7.25. The maximum Gasteiger partial charge on any atom is 0.263 e. The number of rotatable bonds is 3. The molecule has 0 unspecified atom stereocenters. The van der Waals surface area contributed by atoms with Crippen LogP contribution in [0.2, 0.25) is 0 Å². The summed E-state index contributed by atoms with van der Waals surface area (Å²) >= 11 is 6.33. The number of nitrogens with zero attached hydrogens (tertiary/aromatic N) is 1. The molecule has 1 N–H and O–H groups in total. The van der Waals surface area contributed by atoms with Crippen LogP contribution in [0.15, 0.2) is 26.9 Å². The number of thiazole rings is 1. The van der Waals surface area contributed by atoms with Gasteiger partial charge in [-0.1, -0.05) is 0 Å². The zero-order chi connectivity index (χ0) is 10.7. The third-order valence-corrected chi connectivity index (χ3v) is 4.06. The van der Waals surface area contributed by atoms with Crippen LogP contribution in [-0.4, -0.2) is 10.9 Å². The predicted molar refractivity (Wildman–Crippen MR) is 65.3 cm³/mol. The maximum atomic E-state index is 11.5. The van der Waals surface area contributed by atoms with Crippen LogP contribution in [0.3, 0.4) is 0 Å². The Balaban J connectivity index is 1.91. The van der Waals surface area contributed by atoms with Gasteiger partial charge in [0.25, 0.3) is 5.91 Å². The Labute approximate surface area is 103 Å². The summed E-state index contributed by atoms with van der Waals surface area (Å²) in [5.41, 5.74) is 2.75. The van der Waals surface area contributed by atoms with E-state index in [1.165, 1.54) is 11.3 Å². The molecular formula is C9H7BrN2OS2. The van der Waals surface area contributed by atoms with Crippen molar-refractivity contribution < 1.29 is 4.79 Å². The fourth-order valence-electron chi connectivity index (χ4n) is 1.04. The van der Waals surface area contributed by atoms with Crippen molar-refractivity contribution in [3.63, 3.8) is 0 Å². The Morgan fingerprint density at radius 1 is 1.53 bits per heavy atom. The van der Waals surface area contributed by atoms with Crippen molar-refractivity contribution in [2.24, 2.45) is 0 Å². The largest absolute Gasteiger partial charge is 0.347 e. The minimum Gasteiger partial charge on any atom is -0.347 e. The van der Waals surface area contributed by atoms with Crippen LogP contribution in [-0.2, 0) is 6.54 Å². The fraction of sp³-hybridized carbons (Fsp3) is 0.111. The van der Waals surface area contributed by atoms with Gasteiger partial charge >= 0.3 is 0 Å². The first-order valence-corrected chi connectivity index (χ1v) is 6.70. The number of halogens is 1. The van der Waals surface area contributed by atoms with E-state index in [1.807, 2.05) is 11.4 Å². The van der Waals surface area contributed by atoms with Crippen LogP contribution in [0.5, 0.6) is 0 Å². The van der Waals surface area contributed by atoms with E-state index in [2.05, 4.69) is 26.2 Å². The number of amides is 1. The molecule has 0 aliphatic carbocycles. The monoisotopic (exact) mass is 302 g/mol. The number of carbonyl (C=O) groups excluding carboxylic acids is 1. The predicted octanol–water partition coefficient (Wildman–Crippen LogP) is 2.90. The van der Waals surface area contributed by atoms with Crippen molar-refractivity contribution in [3.8, 4) is 0 Å². The van der Waals surface area contributed by atoms with Crippen LogP contribution in [0.25, 0.3) is 0 Å². The molecule has 15 heavy (non-hydrogen) atoms. The van der Waals surface area contributed by atoms with Crippen LogP contribution in [0.4, 0.5) is 0 Å². The summed E-state index contributed by atoms with van der Waals surface area (Å²) in [5, 5.41) is 4.84. The van der Waals surface area contributed by atoms with Gasteiger partial charge in [0.05, 0.1) is 15.5 Å². The lowest BCUT2D eigenvalue weighted by atomic mass is 10.3. The van der Waals surface area contributed by atoms with Crippen molar-refractivity contribution >= 4 is 44.5 Å². The second kappa shape index (κ2) is 4.87. The zero-order valence-corrected chi connectivity index (χ0v) is 10.8. The number of carbonyl (C=O) groups is 1. The first kappa shape index (κ1) is 10.8. The van der Waals surface area contributed by atoms with Gasteiger partial charge in [-0.15, -0.1) is 22.7 Å². The average Bonchev–Trinajstić information content (AvgIpc) is 2.84. The first-order valence-electron chi connectivity index (χ1n) is 4.15. The molecule has 0 radical (unpaired) electrons. The fourth-order valence-corrected chi connectivity index (χ4v) is 2.78. The molecule has 0 aliphatic rings. The highest BCUT2D eigenvalue weighted by Gasteiger charge is 2.06. The normalized spacial score (nSPS) is 10.2. The van der Waals surface area contributed by atoms with Gasteiger partial charge in [-0.2, -0.15) is 0 Å². The topological polar surface area (TPSA) is 42.0 Å². The summed E-state index contributed by atoms with van der Waals surface area (Å²) in [5.74, 6) is -0.0696. The van der Waals surface area contributed by atoms with Gasteiger partial charge in [0, 0.05) is 6.54 Å². The third kappa shape index (κ3) is 2.87. The lowest BCUT2D eigenvalue weighted by molar-refractivity contribution is 0.0955. The molecule has 0 atom stereocenters. The molecule has 0 saturated heterocycles. The molecule has 78 valence electrons. The smallest absolute Gasteiger partial charge is 0.263 e. The van der Waals surface area contributed by atoms with Gasteiger partial charge in [0.1, 0.15) is 4.88 Å². The van der Waals surface area contributed by atoms with Gasteiger partial charge in [-0.05, 0) is 32.9 Å². The standard InChI is InChI=1S/C9H7BrN2OS2/c10-8-1-6(4-14-8)2-12-9(13)7-3-11-5-15-7/h1,3-5H,2H2,(H,12,13). The molecular weight excluding hydrogens is 296 g/mol. The lowest BCUT2D eigenvalue weighted by Gasteiger charge is -2.00. The molecule has 0 saturated carbocycles. The number of hydrogen-bond acceptors (Lipinski definition) is 4. The van der Waals surface area contributed by atoms with Crippen molar-refractivity contribution in [2.75, 3.05) is 0 Å². The highest BCUT2D eigenvalue weighted by atomic mass is 79.9.